The molecule has 1 aliphatic carbocycles. The maximum atomic E-state index is 13.2. The molecule has 2 heterocycles. The maximum Gasteiger partial charge on any atom is 0.343 e. The van der Waals surface area contributed by atoms with E-state index in [-0.39, 0.29) is 22.3 Å². The van der Waals surface area contributed by atoms with Gasteiger partial charge in [0.1, 0.15) is 5.58 Å². The van der Waals surface area contributed by atoms with E-state index in [0.29, 0.717) is 11.1 Å². The Balaban J connectivity index is 1.40. The van der Waals surface area contributed by atoms with Crippen molar-refractivity contribution >= 4 is 34.5 Å². The van der Waals surface area contributed by atoms with Crippen LogP contribution in [0, 0.1) is 0 Å². The van der Waals surface area contributed by atoms with Crippen LogP contribution in [0.15, 0.2) is 87.1 Å². The number of hydrogen-bond donors (Lipinski definition) is 1. The number of carbonyl (C=O) groups is 2. The van der Waals surface area contributed by atoms with Crippen molar-refractivity contribution in [2.75, 3.05) is 18.0 Å². The molecular formula is C37H41NO5. The van der Waals surface area contributed by atoms with Gasteiger partial charge in [0.25, 0.3) is 0 Å². The number of Topliss-reactive ketones (excluding diaryl/α,β-unsaturated/α-hetero) is 1. The number of allylic oxidation sites excluding steroid dienone is 3. The van der Waals surface area contributed by atoms with Gasteiger partial charge >= 0.3 is 11.6 Å². The third-order valence-electron chi connectivity index (χ3n) is 8.83. The molecule has 224 valence electrons. The van der Waals surface area contributed by atoms with Gasteiger partial charge in [0, 0.05) is 35.8 Å². The highest BCUT2D eigenvalue weighted by molar-refractivity contribution is 6.17. The number of rotatable bonds is 11. The van der Waals surface area contributed by atoms with Crippen LogP contribution >= 0.6 is 0 Å². The Morgan fingerprint density at radius 1 is 1.05 bits per heavy atom. The Kier molecular flexibility index (Phi) is 9.14. The number of benzene rings is 2. The summed E-state index contributed by atoms with van der Waals surface area (Å²) in [7, 11) is 0. The van der Waals surface area contributed by atoms with Gasteiger partial charge in [-0.2, -0.15) is 0 Å². The molecule has 1 unspecified atom stereocenters. The Bertz CT molecular complexity index is 1660. The monoisotopic (exact) mass is 579 g/mol. The fraction of sp³-hybridized carbons (Fsp3) is 0.378. The summed E-state index contributed by atoms with van der Waals surface area (Å²) in [6.45, 7) is 8.75. The van der Waals surface area contributed by atoms with Crippen LogP contribution in [-0.2, 0) is 15.0 Å². The lowest BCUT2D eigenvalue weighted by Gasteiger charge is -2.40. The minimum Gasteiger partial charge on any atom is -0.478 e. The molecule has 0 radical (unpaired) electrons. The second-order valence-corrected chi connectivity index (χ2v) is 12.4. The number of carboxylic acid groups (broad SMARTS) is 1. The lowest BCUT2D eigenvalue weighted by Crippen LogP contribution is -2.37. The Morgan fingerprint density at radius 3 is 2.53 bits per heavy atom. The van der Waals surface area contributed by atoms with Crippen LogP contribution in [0.25, 0.3) is 17.0 Å². The molecule has 6 heteroatoms. The van der Waals surface area contributed by atoms with E-state index in [2.05, 4.69) is 31.7 Å². The number of unbranched alkanes of at least 4 members (excludes halogenated alkanes) is 5. The first-order chi connectivity index (χ1) is 20.7. The molecule has 0 amide bonds. The van der Waals surface area contributed by atoms with Crippen LogP contribution < -0.4 is 10.5 Å². The number of aliphatic carboxylic acids is 1. The van der Waals surface area contributed by atoms with E-state index in [4.69, 9.17) is 4.42 Å². The summed E-state index contributed by atoms with van der Waals surface area (Å²) in [5, 5.41) is 10.6. The van der Waals surface area contributed by atoms with Crippen molar-refractivity contribution in [2.45, 2.75) is 77.0 Å². The number of carbonyl (C=O) groups excluding carboxylic acids is 1. The zero-order valence-corrected chi connectivity index (χ0v) is 25.4. The fourth-order valence-electron chi connectivity index (χ4n) is 6.22. The van der Waals surface area contributed by atoms with Gasteiger partial charge < -0.3 is 14.4 Å². The first kappa shape index (κ1) is 30.3. The van der Waals surface area contributed by atoms with Crippen molar-refractivity contribution in [2.24, 2.45) is 0 Å². The molecule has 2 aliphatic rings. The number of fused-ring (bicyclic) bond motifs is 2. The van der Waals surface area contributed by atoms with Gasteiger partial charge in [-0.25, -0.2) is 9.59 Å². The van der Waals surface area contributed by atoms with Crippen molar-refractivity contribution < 1.29 is 19.1 Å². The molecule has 0 spiro atoms. The molecule has 1 N–H and O–H groups in total. The normalized spacial score (nSPS) is 18.9. The van der Waals surface area contributed by atoms with Crippen LogP contribution in [0.5, 0.6) is 0 Å². The molecule has 1 aliphatic heterocycles. The summed E-state index contributed by atoms with van der Waals surface area (Å²) in [6, 6.07) is 15.1. The SMILES string of the molecule is CCCCCCCCN1CCC(C)(C)c2cc3cc(/C=C/C=C4\C(=O)C(c5ccccc5)C=C4C(=O)O)c(=O)oc3cc21. The number of anilines is 1. The van der Waals surface area contributed by atoms with Gasteiger partial charge in [-0.1, -0.05) is 101 Å². The van der Waals surface area contributed by atoms with E-state index in [9.17, 15) is 19.5 Å². The predicted octanol–water partition coefficient (Wildman–Crippen LogP) is 7.96. The molecule has 0 saturated carbocycles. The molecular weight excluding hydrogens is 538 g/mol. The highest BCUT2D eigenvalue weighted by Gasteiger charge is 2.34. The minimum absolute atomic E-state index is 0.00456. The van der Waals surface area contributed by atoms with E-state index in [0.717, 1.165) is 42.6 Å². The lowest BCUT2D eigenvalue weighted by molar-refractivity contribution is -0.132. The summed E-state index contributed by atoms with van der Waals surface area (Å²) in [5.74, 6) is -2.08. The summed E-state index contributed by atoms with van der Waals surface area (Å²) >= 11 is 0. The van der Waals surface area contributed by atoms with Gasteiger partial charge in [0.15, 0.2) is 5.78 Å². The number of ketones is 1. The Labute approximate surface area is 253 Å². The van der Waals surface area contributed by atoms with Gasteiger partial charge in [0.2, 0.25) is 0 Å². The summed E-state index contributed by atoms with van der Waals surface area (Å²) < 4.78 is 5.80. The van der Waals surface area contributed by atoms with Crippen molar-refractivity contribution in [1.29, 1.82) is 0 Å². The van der Waals surface area contributed by atoms with Gasteiger partial charge in [-0.05, 0) is 47.6 Å². The Morgan fingerprint density at radius 2 is 1.79 bits per heavy atom. The highest BCUT2D eigenvalue weighted by Crippen LogP contribution is 2.42. The van der Waals surface area contributed by atoms with E-state index in [1.165, 1.54) is 49.8 Å². The van der Waals surface area contributed by atoms with Gasteiger partial charge in [-0.3, -0.25) is 4.79 Å². The second kappa shape index (κ2) is 13.0. The van der Waals surface area contributed by atoms with E-state index >= 15 is 0 Å². The minimum atomic E-state index is -1.16. The molecule has 1 atom stereocenters. The first-order valence-electron chi connectivity index (χ1n) is 15.5. The van der Waals surface area contributed by atoms with Crippen LogP contribution in [0.2, 0.25) is 0 Å². The maximum absolute atomic E-state index is 13.2. The summed E-state index contributed by atoms with van der Waals surface area (Å²) in [5.41, 5.74) is 3.63. The highest BCUT2D eigenvalue weighted by atomic mass is 16.4. The van der Waals surface area contributed by atoms with E-state index in [1.54, 1.807) is 12.2 Å². The standard InChI is InChI=1S/C37H41NO5/c1-4-5-6-7-8-12-19-38-20-18-37(2,3)31-22-27-21-26(36(42)43-33(27)24-32(31)38)16-13-17-28-30(35(40)41)23-29(34(28)39)25-14-10-9-11-15-25/h9-11,13-17,21-24,29H,4-8,12,18-20H2,1-3H3,(H,40,41)/b16-13+,28-17-. The smallest absolute Gasteiger partial charge is 0.343 e. The topological polar surface area (TPSA) is 87.8 Å². The van der Waals surface area contributed by atoms with Crippen LogP contribution in [-0.4, -0.2) is 29.9 Å². The number of carboxylic acids is 1. The third kappa shape index (κ3) is 6.58. The van der Waals surface area contributed by atoms with E-state index < -0.39 is 17.5 Å². The van der Waals surface area contributed by atoms with Crippen LogP contribution in [0.3, 0.4) is 0 Å². The molecule has 1 aromatic heterocycles. The quantitative estimate of drug-likeness (QED) is 0.141. The molecule has 6 nitrogen and oxygen atoms in total. The average Bonchev–Trinajstić information content (AvgIpc) is 3.32. The zero-order chi connectivity index (χ0) is 30.6. The lowest BCUT2D eigenvalue weighted by atomic mass is 9.77. The zero-order valence-electron chi connectivity index (χ0n) is 25.4. The van der Waals surface area contributed by atoms with Crippen molar-refractivity contribution in [3.63, 3.8) is 0 Å². The summed E-state index contributed by atoms with van der Waals surface area (Å²) in [4.78, 5) is 40.5. The van der Waals surface area contributed by atoms with Crippen LogP contribution in [0.1, 0.15) is 88.3 Å². The average molecular weight is 580 g/mol. The predicted molar refractivity (Wildman–Crippen MR) is 173 cm³/mol. The molecule has 0 bridgehead atoms. The molecule has 3 aromatic rings. The van der Waals surface area contributed by atoms with Gasteiger partial charge in [-0.15, -0.1) is 0 Å². The fourth-order valence-corrected chi connectivity index (χ4v) is 6.22. The molecule has 0 saturated heterocycles. The number of hydrogen-bond acceptors (Lipinski definition) is 5. The first-order valence-corrected chi connectivity index (χ1v) is 15.5. The second-order valence-electron chi connectivity index (χ2n) is 12.4. The number of nitrogens with zero attached hydrogens (tertiary/aromatic N) is 1. The molecule has 5 rings (SSSR count). The largest absolute Gasteiger partial charge is 0.478 e. The Hall–Kier alpha value is -4.19. The van der Waals surface area contributed by atoms with Crippen molar-refractivity contribution in [1.82, 2.24) is 0 Å². The van der Waals surface area contributed by atoms with Crippen molar-refractivity contribution in [3.8, 4) is 0 Å². The summed E-state index contributed by atoms with van der Waals surface area (Å²) in [6.07, 6.45) is 14.7. The van der Waals surface area contributed by atoms with Gasteiger partial charge in [0.05, 0.1) is 17.1 Å². The van der Waals surface area contributed by atoms with Crippen molar-refractivity contribution in [3.05, 3.63) is 105 Å². The molecule has 2 aromatic carbocycles. The molecule has 0 fully saturated rings. The van der Waals surface area contributed by atoms with E-state index in [1.807, 2.05) is 42.5 Å². The third-order valence-corrected chi connectivity index (χ3v) is 8.83. The molecule has 43 heavy (non-hydrogen) atoms. The van der Waals surface area contributed by atoms with Crippen LogP contribution in [0.4, 0.5) is 5.69 Å².